The van der Waals surface area contributed by atoms with Crippen LogP contribution in [0.4, 0.5) is 10.6 Å². The van der Waals surface area contributed by atoms with Gasteiger partial charge in [-0.05, 0) is 95.0 Å². The molecule has 4 rings (SSSR count). The summed E-state index contributed by atoms with van der Waals surface area (Å²) in [4.78, 5) is 32.7. The molecule has 0 spiro atoms. The third-order valence-corrected chi connectivity index (χ3v) is 6.52. The Morgan fingerprint density at radius 1 is 0.930 bits per heavy atom. The fraction of sp³-hybridized carbons (Fsp3) is 0.382. The van der Waals surface area contributed by atoms with Crippen molar-refractivity contribution in [3.63, 3.8) is 0 Å². The maximum atomic E-state index is 13.5. The molecule has 0 atom stereocenters. The molecule has 1 aliphatic heterocycles. The van der Waals surface area contributed by atoms with Gasteiger partial charge in [-0.2, -0.15) is 0 Å². The number of rotatable bonds is 7. The Hall–Kier alpha value is -4.53. The third kappa shape index (κ3) is 8.28. The second kappa shape index (κ2) is 12.8. The van der Waals surface area contributed by atoms with Gasteiger partial charge in [-0.15, -0.1) is 0 Å². The summed E-state index contributed by atoms with van der Waals surface area (Å²) in [6.45, 7) is 11.9. The summed E-state index contributed by atoms with van der Waals surface area (Å²) in [5.74, 6) is 0.818. The summed E-state index contributed by atoms with van der Waals surface area (Å²) >= 11 is 0. The molecule has 0 bridgehead atoms. The van der Waals surface area contributed by atoms with Gasteiger partial charge in [0.25, 0.3) is 0 Å². The second-order valence-electron chi connectivity index (χ2n) is 12.4. The van der Waals surface area contributed by atoms with Crippen molar-refractivity contribution in [2.75, 3.05) is 25.9 Å². The fourth-order valence-corrected chi connectivity index (χ4v) is 4.61. The van der Waals surface area contributed by atoms with E-state index in [1.807, 2.05) is 81.4 Å². The molecule has 0 fully saturated rings. The zero-order valence-corrected chi connectivity index (χ0v) is 26.0. The van der Waals surface area contributed by atoms with Gasteiger partial charge in [0.15, 0.2) is 0 Å². The van der Waals surface area contributed by atoms with Crippen molar-refractivity contribution in [1.82, 2.24) is 9.88 Å². The molecule has 0 radical (unpaired) electrons. The van der Waals surface area contributed by atoms with E-state index in [0.29, 0.717) is 42.1 Å². The highest BCUT2D eigenvalue weighted by Gasteiger charge is 2.30. The van der Waals surface area contributed by atoms with Crippen molar-refractivity contribution >= 4 is 23.5 Å². The lowest BCUT2D eigenvalue weighted by Crippen LogP contribution is -2.39. The Morgan fingerprint density at radius 3 is 2.26 bits per heavy atom. The maximum Gasteiger partial charge on any atom is 0.410 e. The molecule has 0 unspecified atom stereocenters. The maximum absolute atomic E-state index is 13.5. The predicted octanol–water partition coefficient (Wildman–Crippen LogP) is 6.90. The van der Waals surface area contributed by atoms with Crippen LogP contribution in [0.25, 0.3) is 16.8 Å². The van der Waals surface area contributed by atoms with Gasteiger partial charge in [0.2, 0.25) is 0 Å². The van der Waals surface area contributed by atoms with Gasteiger partial charge < -0.3 is 29.6 Å². The number of carbonyl (C=O) groups excluding carboxylic acids is 2. The lowest BCUT2D eigenvalue weighted by Gasteiger charge is -2.31. The number of nitrogens with two attached hydrogens (primary N) is 1. The first-order valence-corrected chi connectivity index (χ1v) is 14.3. The van der Waals surface area contributed by atoms with Crippen molar-refractivity contribution in [2.45, 2.75) is 65.8 Å². The molecule has 3 aromatic rings. The van der Waals surface area contributed by atoms with E-state index in [-0.39, 0.29) is 17.9 Å². The zero-order chi connectivity index (χ0) is 31.4. The van der Waals surface area contributed by atoms with Crippen LogP contribution in [0.5, 0.6) is 11.5 Å². The number of anilines is 1. The molecule has 0 saturated carbocycles. The SMILES string of the molecule is COc1ccc(COc2ccccc2-c2cc(C3=CCCN(C(=O)OC(C)(C)C)C3)c(C(=O)OC(C)(C)C)c(N)n2)cc1. The molecule has 2 N–H and O–H groups in total. The number of nitrogens with zero attached hydrogens (tertiary/aromatic N) is 2. The van der Waals surface area contributed by atoms with Gasteiger partial charge in [0.1, 0.15) is 40.7 Å². The van der Waals surface area contributed by atoms with Crippen LogP contribution >= 0.6 is 0 Å². The molecular formula is C34H41N3O6. The summed E-state index contributed by atoms with van der Waals surface area (Å²) in [6, 6.07) is 17.0. The van der Waals surface area contributed by atoms with E-state index in [2.05, 4.69) is 4.98 Å². The van der Waals surface area contributed by atoms with E-state index in [1.165, 1.54) is 0 Å². The van der Waals surface area contributed by atoms with Crippen molar-refractivity contribution < 1.29 is 28.5 Å². The Balaban J connectivity index is 1.73. The van der Waals surface area contributed by atoms with Gasteiger partial charge >= 0.3 is 12.1 Å². The predicted molar refractivity (Wildman–Crippen MR) is 167 cm³/mol. The molecule has 2 aromatic carbocycles. The first-order chi connectivity index (χ1) is 20.2. The molecular weight excluding hydrogens is 546 g/mol. The van der Waals surface area contributed by atoms with Gasteiger partial charge in [-0.25, -0.2) is 14.6 Å². The highest BCUT2D eigenvalue weighted by Crippen LogP contribution is 2.36. The van der Waals surface area contributed by atoms with E-state index < -0.39 is 23.3 Å². The third-order valence-electron chi connectivity index (χ3n) is 6.52. The highest BCUT2D eigenvalue weighted by atomic mass is 16.6. The van der Waals surface area contributed by atoms with Gasteiger partial charge in [0.05, 0.1) is 12.8 Å². The fourth-order valence-electron chi connectivity index (χ4n) is 4.61. The van der Waals surface area contributed by atoms with Gasteiger partial charge in [-0.1, -0.05) is 30.3 Å². The minimum Gasteiger partial charge on any atom is -0.497 e. The number of amides is 1. The molecule has 1 aliphatic rings. The minimum atomic E-state index is -0.745. The first-order valence-electron chi connectivity index (χ1n) is 14.3. The largest absolute Gasteiger partial charge is 0.497 e. The number of benzene rings is 2. The number of esters is 1. The number of aromatic nitrogens is 1. The van der Waals surface area contributed by atoms with Crippen molar-refractivity contribution in [3.05, 3.63) is 77.4 Å². The Bertz CT molecular complexity index is 1500. The molecule has 1 aromatic heterocycles. The Kier molecular flexibility index (Phi) is 9.33. The number of ether oxygens (including phenoxy) is 4. The highest BCUT2D eigenvalue weighted by molar-refractivity contribution is 6.01. The quantitative estimate of drug-likeness (QED) is 0.297. The Labute approximate surface area is 253 Å². The Morgan fingerprint density at radius 2 is 1.60 bits per heavy atom. The number of nitrogen functional groups attached to an aromatic ring is 1. The molecule has 1 amide bonds. The van der Waals surface area contributed by atoms with Crippen LogP contribution in [0.15, 0.2) is 60.7 Å². The number of para-hydroxylation sites is 1. The van der Waals surface area contributed by atoms with E-state index in [1.54, 1.807) is 32.8 Å². The van der Waals surface area contributed by atoms with Crippen LogP contribution in [-0.4, -0.2) is 53.3 Å². The van der Waals surface area contributed by atoms with Crippen LogP contribution in [0, 0.1) is 0 Å². The van der Waals surface area contributed by atoms with Gasteiger partial charge in [0, 0.05) is 18.7 Å². The van der Waals surface area contributed by atoms with E-state index in [4.69, 9.17) is 24.7 Å². The summed E-state index contributed by atoms with van der Waals surface area (Å²) in [5.41, 5.74) is 8.80. The lowest BCUT2D eigenvalue weighted by molar-refractivity contribution is 0.00698. The first kappa shape index (κ1) is 31.4. The molecule has 0 aliphatic carbocycles. The molecule has 228 valence electrons. The van der Waals surface area contributed by atoms with Crippen LogP contribution in [0.3, 0.4) is 0 Å². The smallest absolute Gasteiger partial charge is 0.410 e. The molecule has 9 nitrogen and oxygen atoms in total. The normalized spacial score (nSPS) is 13.7. The number of hydrogen-bond donors (Lipinski definition) is 1. The number of hydrogen-bond acceptors (Lipinski definition) is 8. The van der Waals surface area contributed by atoms with Crippen LogP contribution in [0.2, 0.25) is 0 Å². The van der Waals surface area contributed by atoms with E-state index in [9.17, 15) is 9.59 Å². The van der Waals surface area contributed by atoms with Gasteiger partial charge in [-0.3, -0.25) is 0 Å². The summed E-state index contributed by atoms with van der Waals surface area (Å²) in [7, 11) is 1.63. The van der Waals surface area contributed by atoms with Crippen molar-refractivity contribution in [3.8, 4) is 22.8 Å². The lowest BCUT2D eigenvalue weighted by atomic mass is 9.94. The monoisotopic (exact) mass is 587 g/mol. The standard InChI is InChI=1S/C34H41N3O6/c1-33(2,3)42-31(38)29-26(23-11-10-18-37(20-23)32(39)43-34(4,5)6)19-27(36-30(29)35)25-12-8-9-13-28(25)41-21-22-14-16-24(40-7)17-15-22/h8-9,11-17,19H,10,18,20-21H2,1-7H3,(H2,35,36). The molecule has 2 heterocycles. The number of pyridine rings is 1. The molecule has 9 heteroatoms. The second-order valence-corrected chi connectivity index (χ2v) is 12.4. The van der Waals surface area contributed by atoms with Crippen LogP contribution < -0.4 is 15.2 Å². The summed E-state index contributed by atoms with van der Waals surface area (Å²) in [5, 5.41) is 0. The zero-order valence-electron chi connectivity index (χ0n) is 26.0. The number of methoxy groups -OCH3 is 1. The summed E-state index contributed by atoms with van der Waals surface area (Å²) in [6.07, 6.45) is 2.18. The number of carbonyl (C=O) groups is 2. The van der Waals surface area contributed by atoms with E-state index in [0.717, 1.165) is 16.9 Å². The van der Waals surface area contributed by atoms with E-state index >= 15 is 0 Å². The summed E-state index contributed by atoms with van der Waals surface area (Å²) < 4.78 is 22.8. The minimum absolute atomic E-state index is 0.0296. The average molecular weight is 588 g/mol. The molecule has 0 saturated heterocycles. The van der Waals surface area contributed by atoms with Crippen molar-refractivity contribution in [1.29, 1.82) is 0 Å². The van der Waals surface area contributed by atoms with Crippen LogP contribution in [0.1, 0.15) is 69.4 Å². The van der Waals surface area contributed by atoms with Crippen molar-refractivity contribution in [2.24, 2.45) is 0 Å². The van der Waals surface area contributed by atoms with Crippen LogP contribution in [-0.2, 0) is 16.1 Å². The molecule has 43 heavy (non-hydrogen) atoms. The topological polar surface area (TPSA) is 113 Å². The average Bonchev–Trinajstić information content (AvgIpc) is 2.94.